The maximum atomic E-state index is 13.0. The lowest BCUT2D eigenvalue weighted by molar-refractivity contribution is -0.384. The van der Waals surface area contributed by atoms with Crippen LogP contribution in [0.5, 0.6) is 5.75 Å². The van der Waals surface area contributed by atoms with E-state index in [9.17, 15) is 18.5 Å². The van der Waals surface area contributed by atoms with Crippen molar-refractivity contribution in [3.8, 4) is 5.75 Å². The molecule has 0 bridgehead atoms. The molecule has 0 atom stereocenters. The molecule has 1 aliphatic heterocycles. The summed E-state index contributed by atoms with van der Waals surface area (Å²) in [5, 5.41) is 12.0. The molecule has 9 nitrogen and oxygen atoms in total. The number of nitrogens with zero attached hydrogens (tertiary/aromatic N) is 4. The lowest BCUT2D eigenvalue weighted by Gasteiger charge is -2.35. The third kappa shape index (κ3) is 3.96. The standard InChI is InChI=1S/C21H21ClN4O5S/c1-14-12-20(23-21-16(14)4-3-5-19(21)31-2)24-8-10-25(11-9-24)32(29,30)15-6-7-17(22)18(13-15)26(27)28/h3-7,12-13H,8-11H2,1-2H3. The van der Waals surface area contributed by atoms with Crippen LogP contribution in [0.2, 0.25) is 5.02 Å². The highest BCUT2D eigenvalue weighted by molar-refractivity contribution is 7.89. The van der Waals surface area contributed by atoms with Crippen molar-refractivity contribution in [3.63, 3.8) is 0 Å². The molecule has 11 heteroatoms. The van der Waals surface area contributed by atoms with Gasteiger partial charge in [0.15, 0.2) is 0 Å². The molecule has 1 aliphatic rings. The van der Waals surface area contributed by atoms with E-state index >= 15 is 0 Å². The number of benzene rings is 2. The molecule has 0 radical (unpaired) electrons. The van der Waals surface area contributed by atoms with Crippen molar-refractivity contribution < 1.29 is 18.1 Å². The average molecular weight is 477 g/mol. The Morgan fingerprint density at radius 1 is 1.12 bits per heavy atom. The van der Waals surface area contributed by atoms with Crippen LogP contribution in [0.1, 0.15) is 5.56 Å². The Bertz CT molecular complexity index is 1310. The summed E-state index contributed by atoms with van der Waals surface area (Å²) < 4.78 is 32.8. The summed E-state index contributed by atoms with van der Waals surface area (Å²) in [5.41, 5.74) is 1.37. The minimum absolute atomic E-state index is 0.105. The monoisotopic (exact) mass is 476 g/mol. The number of sulfonamides is 1. The minimum Gasteiger partial charge on any atom is -0.494 e. The average Bonchev–Trinajstić information content (AvgIpc) is 2.78. The first kappa shape index (κ1) is 22.3. The van der Waals surface area contributed by atoms with Gasteiger partial charge in [-0.1, -0.05) is 23.7 Å². The Hall–Kier alpha value is -2.95. The van der Waals surface area contributed by atoms with Crippen molar-refractivity contribution in [1.29, 1.82) is 0 Å². The van der Waals surface area contributed by atoms with Crippen LogP contribution in [-0.2, 0) is 10.0 Å². The van der Waals surface area contributed by atoms with E-state index in [1.807, 2.05) is 36.1 Å². The number of nitro groups is 1. The van der Waals surface area contributed by atoms with Gasteiger partial charge in [0.1, 0.15) is 22.1 Å². The van der Waals surface area contributed by atoms with Gasteiger partial charge in [0.25, 0.3) is 5.69 Å². The highest BCUT2D eigenvalue weighted by atomic mass is 35.5. The lowest BCUT2D eigenvalue weighted by Crippen LogP contribution is -2.48. The number of halogens is 1. The van der Waals surface area contributed by atoms with E-state index in [1.165, 1.54) is 16.4 Å². The number of aromatic nitrogens is 1. The fraction of sp³-hybridized carbons (Fsp3) is 0.286. The van der Waals surface area contributed by atoms with Gasteiger partial charge in [0.05, 0.1) is 16.9 Å². The van der Waals surface area contributed by atoms with Gasteiger partial charge in [0.2, 0.25) is 10.0 Å². The number of aryl methyl sites for hydroxylation is 1. The number of ether oxygens (including phenoxy) is 1. The van der Waals surface area contributed by atoms with Gasteiger partial charge in [-0.15, -0.1) is 0 Å². The van der Waals surface area contributed by atoms with E-state index in [0.29, 0.717) is 18.8 Å². The summed E-state index contributed by atoms with van der Waals surface area (Å²) in [6, 6.07) is 11.3. The molecule has 1 saturated heterocycles. The number of anilines is 1. The Balaban J connectivity index is 1.57. The third-order valence-electron chi connectivity index (χ3n) is 5.53. The minimum atomic E-state index is -3.89. The first-order valence-electron chi connectivity index (χ1n) is 9.86. The second kappa shape index (κ2) is 8.53. The van der Waals surface area contributed by atoms with Crippen LogP contribution in [0.4, 0.5) is 11.5 Å². The molecule has 168 valence electrons. The van der Waals surface area contributed by atoms with Crippen molar-refractivity contribution in [1.82, 2.24) is 9.29 Å². The second-order valence-electron chi connectivity index (χ2n) is 7.42. The molecular weight excluding hydrogens is 456 g/mol. The van der Waals surface area contributed by atoms with Gasteiger partial charge < -0.3 is 9.64 Å². The molecule has 0 saturated carbocycles. The fourth-order valence-corrected chi connectivity index (χ4v) is 5.43. The zero-order valence-electron chi connectivity index (χ0n) is 17.5. The fourth-order valence-electron chi connectivity index (χ4n) is 3.80. The van der Waals surface area contributed by atoms with Crippen LogP contribution in [-0.4, -0.2) is 55.9 Å². The van der Waals surface area contributed by atoms with E-state index in [-0.39, 0.29) is 23.0 Å². The quantitative estimate of drug-likeness (QED) is 0.409. The van der Waals surface area contributed by atoms with Gasteiger partial charge in [-0.2, -0.15) is 4.31 Å². The number of rotatable bonds is 5. The molecule has 1 fully saturated rings. The largest absolute Gasteiger partial charge is 0.494 e. The molecule has 2 heterocycles. The molecule has 0 unspecified atom stereocenters. The van der Waals surface area contributed by atoms with Crippen LogP contribution in [0.15, 0.2) is 47.4 Å². The maximum Gasteiger partial charge on any atom is 0.289 e. The van der Waals surface area contributed by atoms with Gasteiger partial charge in [-0.25, -0.2) is 13.4 Å². The SMILES string of the molecule is COc1cccc2c(C)cc(N3CCN(S(=O)(=O)c4ccc(Cl)c([N+](=O)[O-])c4)CC3)nc12. The molecule has 1 aromatic heterocycles. The zero-order chi connectivity index (χ0) is 23.0. The van der Waals surface area contributed by atoms with Crippen molar-refractivity contribution in [2.45, 2.75) is 11.8 Å². The predicted octanol–water partition coefficient (Wildman–Crippen LogP) is 3.62. The smallest absolute Gasteiger partial charge is 0.289 e. The van der Waals surface area contributed by atoms with E-state index in [4.69, 9.17) is 21.3 Å². The van der Waals surface area contributed by atoms with Crippen molar-refractivity contribution in [3.05, 3.63) is 63.2 Å². The molecule has 0 amide bonds. The van der Waals surface area contributed by atoms with Crippen LogP contribution < -0.4 is 9.64 Å². The lowest BCUT2D eigenvalue weighted by atomic mass is 10.1. The van der Waals surface area contributed by atoms with Gasteiger partial charge in [-0.05, 0) is 36.8 Å². The summed E-state index contributed by atoms with van der Waals surface area (Å²) in [7, 11) is -2.29. The van der Waals surface area contributed by atoms with Crippen LogP contribution in [0, 0.1) is 17.0 Å². The van der Waals surface area contributed by atoms with Crippen molar-refractivity contribution in [2.24, 2.45) is 0 Å². The Kier molecular flexibility index (Phi) is 5.93. The summed E-state index contributed by atoms with van der Waals surface area (Å²) in [6.45, 7) is 3.32. The summed E-state index contributed by atoms with van der Waals surface area (Å²) >= 11 is 5.82. The third-order valence-corrected chi connectivity index (χ3v) is 7.74. The summed E-state index contributed by atoms with van der Waals surface area (Å²) in [4.78, 5) is 17.1. The highest BCUT2D eigenvalue weighted by Gasteiger charge is 2.31. The zero-order valence-corrected chi connectivity index (χ0v) is 19.1. The predicted molar refractivity (Wildman–Crippen MR) is 122 cm³/mol. The number of nitro benzene ring substituents is 1. The Morgan fingerprint density at radius 2 is 1.84 bits per heavy atom. The topological polar surface area (TPSA) is 106 Å². The molecule has 32 heavy (non-hydrogen) atoms. The van der Waals surface area contributed by atoms with E-state index in [0.717, 1.165) is 28.4 Å². The van der Waals surface area contributed by atoms with Gasteiger partial charge in [-0.3, -0.25) is 10.1 Å². The van der Waals surface area contributed by atoms with E-state index in [1.54, 1.807) is 7.11 Å². The maximum absolute atomic E-state index is 13.0. The van der Waals surface area contributed by atoms with E-state index < -0.39 is 20.6 Å². The first-order valence-corrected chi connectivity index (χ1v) is 11.7. The molecule has 4 rings (SSSR count). The van der Waals surface area contributed by atoms with Crippen molar-refractivity contribution in [2.75, 3.05) is 38.2 Å². The number of pyridine rings is 1. The first-order chi connectivity index (χ1) is 15.2. The Morgan fingerprint density at radius 3 is 2.50 bits per heavy atom. The number of piperazine rings is 1. The highest BCUT2D eigenvalue weighted by Crippen LogP contribution is 2.31. The van der Waals surface area contributed by atoms with E-state index in [2.05, 4.69) is 0 Å². The number of fused-ring (bicyclic) bond motifs is 1. The summed E-state index contributed by atoms with van der Waals surface area (Å²) in [5.74, 6) is 1.43. The molecule has 0 spiro atoms. The molecule has 0 aliphatic carbocycles. The summed E-state index contributed by atoms with van der Waals surface area (Å²) in [6.07, 6.45) is 0. The molecular formula is C21H21ClN4O5S. The van der Waals surface area contributed by atoms with Gasteiger partial charge >= 0.3 is 0 Å². The number of hydrogen-bond donors (Lipinski definition) is 0. The Labute approximate surface area is 190 Å². The molecule has 2 aromatic carbocycles. The number of hydrogen-bond acceptors (Lipinski definition) is 7. The number of para-hydroxylation sites is 1. The van der Waals surface area contributed by atoms with Gasteiger partial charge in [0, 0.05) is 37.6 Å². The van der Waals surface area contributed by atoms with Crippen molar-refractivity contribution >= 4 is 44.0 Å². The normalized spacial score (nSPS) is 15.2. The molecule has 3 aromatic rings. The number of methoxy groups -OCH3 is 1. The van der Waals surface area contributed by atoms with Crippen LogP contribution >= 0.6 is 11.6 Å². The van der Waals surface area contributed by atoms with Crippen LogP contribution in [0.3, 0.4) is 0 Å². The van der Waals surface area contributed by atoms with Crippen LogP contribution in [0.25, 0.3) is 10.9 Å². The second-order valence-corrected chi connectivity index (χ2v) is 9.76. The molecule has 0 N–H and O–H groups in total.